The van der Waals surface area contributed by atoms with Gasteiger partial charge in [0.15, 0.2) is 0 Å². The highest BCUT2D eigenvalue weighted by Gasteiger charge is 2.23. The molecule has 19 heavy (non-hydrogen) atoms. The van der Waals surface area contributed by atoms with E-state index in [1.807, 2.05) is 0 Å². The Kier molecular flexibility index (Phi) is 5.16. The molecule has 0 heterocycles. The number of benzene rings is 1. The fraction of sp³-hybridized carbons (Fsp3) is 0.500. The van der Waals surface area contributed by atoms with E-state index >= 15 is 0 Å². The van der Waals surface area contributed by atoms with Gasteiger partial charge in [-0.2, -0.15) is 0 Å². The predicted molar refractivity (Wildman–Crippen MR) is 73.6 cm³/mol. The number of ether oxygens (including phenoxy) is 1. The Morgan fingerprint density at radius 2 is 2.11 bits per heavy atom. The molecule has 0 saturated heterocycles. The maximum absolute atomic E-state index is 12.2. The molecule has 0 bridgehead atoms. The van der Waals surface area contributed by atoms with E-state index < -0.39 is 16.1 Å². The smallest absolute Gasteiger partial charge is 0.244 e. The van der Waals surface area contributed by atoms with Gasteiger partial charge < -0.3 is 15.6 Å². The molecule has 108 valence electrons. The van der Waals surface area contributed by atoms with E-state index in [4.69, 9.17) is 15.6 Å². The number of aliphatic hydroxyl groups is 1. The molecule has 0 aromatic heterocycles. The Morgan fingerprint density at radius 1 is 1.47 bits per heavy atom. The molecular formula is C12H20N2O4S. The van der Waals surface area contributed by atoms with Gasteiger partial charge in [-0.3, -0.25) is 0 Å². The van der Waals surface area contributed by atoms with Gasteiger partial charge in [-0.05, 0) is 31.0 Å². The summed E-state index contributed by atoms with van der Waals surface area (Å²) >= 11 is 0. The fourth-order valence-electron chi connectivity index (χ4n) is 1.58. The maximum atomic E-state index is 12.2. The molecule has 1 rings (SSSR count). The van der Waals surface area contributed by atoms with Crippen LogP contribution >= 0.6 is 0 Å². The normalized spacial score (nSPS) is 13.3. The number of aliphatic hydroxyl groups excluding tert-OH is 1. The molecule has 4 N–H and O–H groups in total. The van der Waals surface area contributed by atoms with E-state index in [1.54, 1.807) is 19.9 Å². The van der Waals surface area contributed by atoms with Crippen LogP contribution in [-0.2, 0) is 10.0 Å². The molecule has 1 atom stereocenters. The van der Waals surface area contributed by atoms with Gasteiger partial charge in [0, 0.05) is 11.7 Å². The zero-order valence-electron chi connectivity index (χ0n) is 11.3. The first-order chi connectivity index (χ1) is 8.85. The summed E-state index contributed by atoms with van der Waals surface area (Å²) in [6.07, 6.45) is 0.486. The summed E-state index contributed by atoms with van der Waals surface area (Å²) in [5.74, 6) is 0.229. The molecule has 0 aliphatic heterocycles. The lowest BCUT2D eigenvalue weighted by molar-refractivity contribution is 0.253. The van der Waals surface area contributed by atoms with Crippen molar-refractivity contribution < 1.29 is 18.3 Å². The molecule has 7 heteroatoms. The van der Waals surface area contributed by atoms with Crippen LogP contribution in [0.5, 0.6) is 5.75 Å². The van der Waals surface area contributed by atoms with E-state index in [-0.39, 0.29) is 17.3 Å². The maximum Gasteiger partial charge on any atom is 0.244 e. The molecule has 0 unspecified atom stereocenters. The standard InChI is InChI=1S/C12H20N2O4S/c1-4-9(7-15)14-19(16,17)12-6-10(13)8(2)5-11(12)18-3/h5-6,9,14-15H,4,7,13H2,1-3H3/t9-/m1/s1. The van der Waals surface area contributed by atoms with Crippen molar-refractivity contribution in [2.45, 2.75) is 31.2 Å². The van der Waals surface area contributed by atoms with Crippen LogP contribution in [0.4, 0.5) is 5.69 Å². The van der Waals surface area contributed by atoms with Crippen molar-refractivity contribution in [1.29, 1.82) is 0 Å². The van der Waals surface area contributed by atoms with Crippen LogP contribution in [0.2, 0.25) is 0 Å². The minimum Gasteiger partial charge on any atom is -0.495 e. The largest absolute Gasteiger partial charge is 0.495 e. The van der Waals surface area contributed by atoms with Crippen LogP contribution in [0.1, 0.15) is 18.9 Å². The fourth-order valence-corrected chi connectivity index (χ4v) is 3.08. The first-order valence-corrected chi connectivity index (χ1v) is 7.41. The minimum atomic E-state index is -3.78. The van der Waals surface area contributed by atoms with Crippen LogP contribution in [0.3, 0.4) is 0 Å². The summed E-state index contributed by atoms with van der Waals surface area (Å²) in [6, 6.07) is 2.40. The van der Waals surface area contributed by atoms with Gasteiger partial charge in [-0.25, -0.2) is 13.1 Å². The van der Waals surface area contributed by atoms with Gasteiger partial charge >= 0.3 is 0 Å². The summed E-state index contributed by atoms with van der Waals surface area (Å²) in [4.78, 5) is -0.0231. The summed E-state index contributed by atoms with van der Waals surface area (Å²) in [5, 5.41) is 9.08. The van der Waals surface area contributed by atoms with Crippen molar-refractivity contribution in [3.63, 3.8) is 0 Å². The van der Waals surface area contributed by atoms with Gasteiger partial charge in [0.2, 0.25) is 10.0 Å². The number of anilines is 1. The lowest BCUT2D eigenvalue weighted by Crippen LogP contribution is -2.37. The van der Waals surface area contributed by atoms with Crippen molar-refractivity contribution in [3.8, 4) is 5.75 Å². The first-order valence-electron chi connectivity index (χ1n) is 5.93. The number of rotatable bonds is 6. The summed E-state index contributed by atoms with van der Waals surface area (Å²) in [7, 11) is -2.38. The van der Waals surface area contributed by atoms with E-state index in [1.165, 1.54) is 13.2 Å². The third kappa shape index (κ3) is 3.59. The number of hydrogen-bond donors (Lipinski definition) is 3. The molecule has 1 aromatic carbocycles. The Labute approximate surface area is 113 Å². The second-order valence-corrected chi connectivity index (χ2v) is 5.95. The van der Waals surface area contributed by atoms with Crippen molar-refractivity contribution in [2.24, 2.45) is 0 Å². The van der Waals surface area contributed by atoms with Crippen LogP contribution in [0.25, 0.3) is 0 Å². The van der Waals surface area contributed by atoms with Crippen molar-refractivity contribution in [1.82, 2.24) is 4.72 Å². The molecule has 0 aliphatic carbocycles. The molecule has 0 amide bonds. The Bertz CT molecular complexity index is 539. The average Bonchev–Trinajstić information content (AvgIpc) is 2.38. The van der Waals surface area contributed by atoms with E-state index in [0.717, 1.165) is 5.56 Å². The number of aryl methyl sites for hydroxylation is 1. The number of nitrogens with two attached hydrogens (primary N) is 1. The van der Waals surface area contributed by atoms with Gasteiger partial charge in [-0.1, -0.05) is 6.92 Å². The van der Waals surface area contributed by atoms with Gasteiger partial charge in [0.25, 0.3) is 0 Å². The highest BCUT2D eigenvalue weighted by atomic mass is 32.2. The predicted octanol–water partition coefficient (Wildman–Crippen LogP) is 0.635. The third-order valence-electron chi connectivity index (χ3n) is 2.88. The lowest BCUT2D eigenvalue weighted by Gasteiger charge is -2.17. The number of sulfonamides is 1. The zero-order valence-corrected chi connectivity index (χ0v) is 12.1. The molecule has 0 spiro atoms. The number of nitrogen functional groups attached to an aromatic ring is 1. The second-order valence-electron chi connectivity index (χ2n) is 4.27. The highest BCUT2D eigenvalue weighted by molar-refractivity contribution is 7.89. The SMILES string of the molecule is CC[C@H](CO)NS(=O)(=O)c1cc(N)c(C)cc1OC. The average molecular weight is 288 g/mol. The van der Waals surface area contributed by atoms with E-state index in [2.05, 4.69) is 4.72 Å². The zero-order chi connectivity index (χ0) is 14.6. The topological polar surface area (TPSA) is 102 Å². The molecular weight excluding hydrogens is 268 g/mol. The number of hydrogen-bond acceptors (Lipinski definition) is 5. The first kappa shape index (κ1) is 15.7. The monoisotopic (exact) mass is 288 g/mol. The summed E-state index contributed by atoms with van der Waals surface area (Å²) in [6.45, 7) is 3.29. The Morgan fingerprint density at radius 3 is 2.58 bits per heavy atom. The molecule has 0 aliphatic rings. The molecule has 0 fully saturated rings. The van der Waals surface area contributed by atoms with Crippen LogP contribution in [0, 0.1) is 6.92 Å². The van der Waals surface area contributed by atoms with Crippen molar-refractivity contribution in [3.05, 3.63) is 17.7 Å². The van der Waals surface area contributed by atoms with Crippen LogP contribution in [0.15, 0.2) is 17.0 Å². The van der Waals surface area contributed by atoms with Gasteiger partial charge in [-0.15, -0.1) is 0 Å². The van der Waals surface area contributed by atoms with Crippen LogP contribution in [-0.4, -0.2) is 33.3 Å². The summed E-state index contributed by atoms with van der Waals surface area (Å²) < 4.78 is 32.0. The molecule has 0 radical (unpaired) electrons. The quantitative estimate of drug-likeness (QED) is 0.667. The molecule has 1 aromatic rings. The number of nitrogens with one attached hydrogen (secondary N) is 1. The minimum absolute atomic E-state index is 0.0231. The second kappa shape index (κ2) is 6.23. The van der Waals surface area contributed by atoms with Crippen LogP contribution < -0.4 is 15.2 Å². The lowest BCUT2D eigenvalue weighted by atomic mass is 10.2. The van der Waals surface area contributed by atoms with Crippen molar-refractivity contribution in [2.75, 3.05) is 19.5 Å². The van der Waals surface area contributed by atoms with E-state index in [9.17, 15) is 8.42 Å². The van der Waals surface area contributed by atoms with Gasteiger partial charge in [0.05, 0.1) is 13.7 Å². The molecule has 6 nitrogen and oxygen atoms in total. The number of methoxy groups -OCH3 is 1. The van der Waals surface area contributed by atoms with Gasteiger partial charge in [0.1, 0.15) is 10.6 Å². The van der Waals surface area contributed by atoms with E-state index in [0.29, 0.717) is 12.1 Å². The summed E-state index contributed by atoms with van der Waals surface area (Å²) in [5.41, 5.74) is 6.85. The van der Waals surface area contributed by atoms with Crippen molar-refractivity contribution >= 4 is 15.7 Å². The molecule has 0 saturated carbocycles. The Balaban J connectivity index is 3.24. The third-order valence-corrected chi connectivity index (χ3v) is 4.42. The highest BCUT2D eigenvalue weighted by Crippen LogP contribution is 2.28. The Hall–Kier alpha value is -1.31.